The third kappa shape index (κ3) is 3.30. The summed E-state index contributed by atoms with van der Waals surface area (Å²) in [5.74, 6) is 0. The first-order chi connectivity index (χ1) is 6.63. The van der Waals surface area contributed by atoms with Crippen LogP contribution in [0.3, 0.4) is 0 Å². The van der Waals surface area contributed by atoms with Crippen LogP contribution in [0, 0.1) is 13.8 Å². The van der Waals surface area contributed by atoms with E-state index in [4.69, 9.17) is 0 Å². The average molecular weight is 206 g/mol. The molecule has 1 aromatic rings. The quantitative estimate of drug-likeness (QED) is 0.664. The van der Waals surface area contributed by atoms with Crippen LogP contribution in [0.15, 0.2) is 18.2 Å². The maximum Gasteiger partial charge on any atom is 0.0678 e. The third-order valence-electron chi connectivity index (χ3n) is 2.80. The van der Waals surface area contributed by atoms with Crippen LogP contribution in [0.25, 0.3) is 0 Å². The highest BCUT2D eigenvalue weighted by atomic mass is 28.3. The number of aryl methyl sites for hydroxylation is 2. The van der Waals surface area contributed by atoms with Crippen molar-refractivity contribution in [2.24, 2.45) is 0 Å². The first-order valence-corrected chi connectivity index (χ1v) is 8.26. The second-order valence-electron chi connectivity index (χ2n) is 4.46. The first kappa shape index (κ1) is 11.5. The van der Waals surface area contributed by atoms with E-state index in [1.165, 1.54) is 30.0 Å². The molecule has 0 heterocycles. The molecule has 0 saturated heterocycles. The number of rotatable bonds is 4. The Morgan fingerprint density at radius 2 is 1.64 bits per heavy atom. The van der Waals surface area contributed by atoms with E-state index in [0.717, 1.165) is 0 Å². The summed E-state index contributed by atoms with van der Waals surface area (Å²) in [6, 6.07) is 8.50. The third-order valence-corrected chi connectivity index (χ3v) is 5.55. The molecule has 0 N–H and O–H groups in total. The molecule has 1 unspecified atom stereocenters. The van der Waals surface area contributed by atoms with Crippen molar-refractivity contribution in [2.75, 3.05) is 0 Å². The van der Waals surface area contributed by atoms with Crippen molar-refractivity contribution in [1.82, 2.24) is 0 Å². The van der Waals surface area contributed by atoms with Gasteiger partial charge in [0.1, 0.15) is 0 Å². The van der Waals surface area contributed by atoms with Crippen LogP contribution in [-0.4, -0.2) is 8.80 Å². The van der Waals surface area contributed by atoms with Crippen molar-refractivity contribution in [3.8, 4) is 0 Å². The minimum absolute atomic E-state index is 0.634. The second-order valence-corrected chi connectivity index (χ2v) is 7.51. The zero-order chi connectivity index (χ0) is 10.6. The van der Waals surface area contributed by atoms with Crippen molar-refractivity contribution >= 4 is 14.0 Å². The van der Waals surface area contributed by atoms with Crippen LogP contribution in [0.2, 0.25) is 12.6 Å². The summed E-state index contributed by atoms with van der Waals surface area (Å²) in [5.41, 5.74) is 2.85. The zero-order valence-corrected chi connectivity index (χ0v) is 11.1. The molecule has 0 fully saturated rings. The monoisotopic (exact) mass is 206 g/mol. The van der Waals surface area contributed by atoms with E-state index in [-0.39, 0.29) is 0 Å². The number of hydrogen-bond donors (Lipinski definition) is 0. The van der Waals surface area contributed by atoms with Crippen LogP contribution in [0.5, 0.6) is 0 Å². The van der Waals surface area contributed by atoms with E-state index in [0.29, 0.717) is 0 Å². The van der Waals surface area contributed by atoms with Crippen molar-refractivity contribution in [2.45, 2.75) is 46.2 Å². The molecule has 0 aromatic heterocycles. The summed E-state index contributed by atoms with van der Waals surface area (Å²) in [4.78, 5) is 0. The summed E-state index contributed by atoms with van der Waals surface area (Å²) in [6.07, 6.45) is 2.74. The van der Waals surface area contributed by atoms with Gasteiger partial charge in [-0.25, -0.2) is 0 Å². The Morgan fingerprint density at radius 3 is 2.14 bits per heavy atom. The highest BCUT2D eigenvalue weighted by Gasteiger charge is 2.07. The molecule has 1 rings (SSSR count). The Balaban J connectivity index is 2.73. The second kappa shape index (κ2) is 5.35. The number of unbranched alkanes of at least 4 members (excludes halogenated alkanes) is 1. The Morgan fingerprint density at radius 1 is 1.07 bits per heavy atom. The van der Waals surface area contributed by atoms with E-state index in [1.54, 1.807) is 5.19 Å². The molecule has 0 aliphatic rings. The highest BCUT2D eigenvalue weighted by Crippen LogP contribution is 2.06. The van der Waals surface area contributed by atoms with Gasteiger partial charge in [0, 0.05) is 0 Å². The molecule has 0 aliphatic heterocycles. The number of benzene rings is 1. The summed E-state index contributed by atoms with van der Waals surface area (Å²) in [7, 11) is -0.634. The van der Waals surface area contributed by atoms with Crippen LogP contribution < -0.4 is 5.19 Å². The van der Waals surface area contributed by atoms with Crippen molar-refractivity contribution in [1.29, 1.82) is 0 Å². The molecular formula is C13H22Si. The van der Waals surface area contributed by atoms with Gasteiger partial charge in [0.15, 0.2) is 0 Å². The van der Waals surface area contributed by atoms with E-state index < -0.39 is 8.80 Å². The first-order valence-electron chi connectivity index (χ1n) is 5.71. The van der Waals surface area contributed by atoms with E-state index in [1.807, 2.05) is 0 Å². The molecule has 1 aromatic carbocycles. The highest BCUT2D eigenvalue weighted by molar-refractivity contribution is 6.72. The molecule has 0 saturated carbocycles. The van der Waals surface area contributed by atoms with E-state index in [2.05, 4.69) is 45.5 Å². The Kier molecular flexibility index (Phi) is 4.40. The fraction of sp³-hybridized carbons (Fsp3) is 0.538. The van der Waals surface area contributed by atoms with E-state index in [9.17, 15) is 0 Å². The van der Waals surface area contributed by atoms with Gasteiger partial charge in [-0.15, -0.1) is 0 Å². The summed E-state index contributed by atoms with van der Waals surface area (Å²) < 4.78 is 0. The van der Waals surface area contributed by atoms with Gasteiger partial charge in [-0.05, 0) is 13.8 Å². The molecule has 0 radical (unpaired) electrons. The van der Waals surface area contributed by atoms with Gasteiger partial charge in [0.2, 0.25) is 0 Å². The van der Waals surface area contributed by atoms with Crippen molar-refractivity contribution < 1.29 is 0 Å². The van der Waals surface area contributed by atoms with Crippen molar-refractivity contribution in [3.05, 3.63) is 29.3 Å². The Bertz CT molecular complexity index is 271. The normalized spacial score (nSPS) is 12.9. The molecule has 0 spiro atoms. The van der Waals surface area contributed by atoms with Gasteiger partial charge in [-0.2, -0.15) is 0 Å². The summed E-state index contributed by atoms with van der Waals surface area (Å²) in [6.45, 7) is 9.17. The van der Waals surface area contributed by atoms with Gasteiger partial charge < -0.3 is 0 Å². The fourth-order valence-electron chi connectivity index (χ4n) is 1.97. The molecule has 1 atom stereocenters. The van der Waals surface area contributed by atoms with Crippen molar-refractivity contribution in [3.63, 3.8) is 0 Å². The predicted octanol–water partition coefficient (Wildman–Crippen LogP) is 3.17. The molecule has 0 amide bonds. The molecule has 0 nitrogen and oxygen atoms in total. The summed E-state index contributed by atoms with van der Waals surface area (Å²) in [5, 5.41) is 1.65. The maximum absolute atomic E-state index is 2.48. The van der Waals surface area contributed by atoms with Gasteiger partial charge in [0.25, 0.3) is 0 Å². The topological polar surface area (TPSA) is 0 Å². The maximum atomic E-state index is 2.48. The largest absolute Gasteiger partial charge is 0.0680 e. The van der Waals surface area contributed by atoms with E-state index >= 15 is 0 Å². The minimum Gasteiger partial charge on any atom is -0.0680 e. The molecule has 0 bridgehead atoms. The Hall–Kier alpha value is -0.563. The van der Waals surface area contributed by atoms with Crippen LogP contribution in [-0.2, 0) is 0 Å². The minimum atomic E-state index is -0.634. The zero-order valence-electron chi connectivity index (χ0n) is 9.93. The lowest BCUT2D eigenvalue weighted by Crippen LogP contribution is -2.26. The fourth-order valence-corrected chi connectivity index (χ4v) is 4.42. The van der Waals surface area contributed by atoms with Gasteiger partial charge in [-0.3, -0.25) is 0 Å². The summed E-state index contributed by atoms with van der Waals surface area (Å²) >= 11 is 0. The lowest BCUT2D eigenvalue weighted by atomic mass is 10.2. The SMILES string of the molecule is CCCC[SiH](C)c1cc(C)cc(C)c1. The lowest BCUT2D eigenvalue weighted by Gasteiger charge is -2.11. The smallest absolute Gasteiger partial charge is 0.0678 e. The predicted molar refractivity (Wildman–Crippen MR) is 68.3 cm³/mol. The van der Waals surface area contributed by atoms with Crippen LogP contribution >= 0.6 is 0 Å². The standard InChI is InChI=1S/C13H22Si/c1-5-6-7-14(4)13-9-11(2)8-12(3)10-13/h8-10,14H,5-7H2,1-4H3. The molecule has 1 heteroatoms. The van der Waals surface area contributed by atoms with Crippen LogP contribution in [0.1, 0.15) is 30.9 Å². The molecule has 0 aliphatic carbocycles. The van der Waals surface area contributed by atoms with Crippen LogP contribution in [0.4, 0.5) is 0 Å². The molecule has 14 heavy (non-hydrogen) atoms. The Labute approximate surface area is 90.0 Å². The van der Waals surface area contributed by atoms with Gasteiger partial charge in [-0.1, -0.05) is 66.9 Å². The number of hydrogen-bond acceptors (Lipinski definition) is 0. The average Bonchev–Trinajstić information content (AvgIpc) is 2.12. The molecular weight excluding hydrogens is 184 g/mol. The molecule has 78 valence electrons. The van der Waals surface area contributed by atoms with Gasteiger partial charge in [0.05, 0.1) is 8.80 Å². The lowest BCUT2D eigenvalue weighted by molar-refractivity contribution is 0.876. The van der Waals surface area contributed by atoms with Gasteiger partial charge >= 0.3 is 0 Å².